The smallest absolute Gasteiger partial charge is 0.118 e. The molecule has 54 valence electrons. The molecule has 1 aromatic rings. The van der Waals surface area contributed by atoms with Crippen LogP contribution in [0.15, 0.2) is 24.3 Å². The van der Waals surface area contributed by atoms with Crippen molar-refractivity contribution < 1.29 is 5.11 Å². The van der Waals surface area contributed by atoms with Gasteiger partial charge in [-0.15, -0.1) is 0 Å². The minimum atomic E-state index is 0.368. The van der Waals surface area contributed by atoms with E-state index in [-0.39, 0.29) is 0 Å². The number of aromatic hydroxyl groups is 1. The van der Waals surface area contributed by atoms with E-state index in [1.54, 1.807) is 6.07 Å². The van der Waals surface area contributed by atoms with Gasteiger partial charge < -0.3 is 5.11 Å². The fourth-order valence-corrected chi connectivity index (χ4v) is 0.563. The van der Waals surface area contributed by atoms with Gasteiger partial charge in [0, 0.05) is 0 Å². The van der Waals surface area contributed by atoms with Crippen molar-refractivity contribution >= 4 is 0 Å². The van der Waals surface area contributed by atoms with Gasteiger partial charge in [0.15, 0.2) is 0 Å². The van der Waals surface area contributed by atoms with E-state index in [1.165, 1.54) is 0 Å². The van der Waals surface area contributed by atoms with E-state index in [9.17, 15) is 0 Å². The fourth-order valence-electron chi connectivity index (χ4n) is 0.563. The number of rotatable bonds is 0. The number of para-hydroxylation sites is 1. The molecule has 2 N–H and O–H groups in total. The first-order chi connectivity index (χ1) is 4.80. The first-order valence-electron chi connectivity index (χ1n) is 2.76. The molecule has 0 saturated heterocycles. The SMILES string of the molecule is Cc1ccccc1O.N=O. The van der Waals surface area contributed by atoms with Crippen molar-refractivity contribution in [2.45, 2.75) is 6.92 Å². The number of nitroso groups, excluding NO2 is 1. The Hall–Kier alpha value is -1.38. The molecule has 3 heteroatoms. The zero-order chi connectivity index (χ0) is 7.98. The van der Waals surface area contributed by atoms with Crippen molar-refractivity contribution in [3.63, 3.8) is 0 Å². The van der Waals surface area contributed by atoms with Crippen LogP contribution in [0.1, 0.15) is 5.56 Å². The molecule has 0 unspecified atom stereocenters. The summed E-state index contributed by atoms with van der Waals surface area (Å²) >= 11 is 0. The van der Waals surface area contributed by atoms with Crippen molar-refractivity contribution in [1.82, 2.24) is 0 Å². The summed E-state index contributed by atoms with van der Waals surface area (Å²) in [4.78, 5) is 7.50. The summed E-state index contributed by atoms with van der Waals surface area (Å²) in [6.07, 6.45) is 0. The Bertz CT molecular complexity index is 180. The van der Waals surface area contributed by atoms with Gasteiger partial charge in [-0.05, 0) is 18.6 Å². The molecule has 0 heterocycles. The molecule has 0 bridgehead atoms. The molecule has 1 rings (SSSR count). The van der Waals surface area contributed by atoms with E-state index in [4.69, 9.17) is 10.0 Å². The Balaban J connectivity index is 0.000000371. The summed E-state index contributed by atoms with van der Waals surface area (Å²) in [7, 11) is 0. The van der Waals surface area contributed by atoms with Crippen LogP contribution in [-0.2, 0) is 0 Å². The Labute approximate surface area is 59.1 Å². The molecule has 0 aliphatic heterocycles. The van der Waals surface area contributed by atoms with Crippen molar-refractivity contribution in [3.05, 3.63) is 34.7 Å². The van der Waals surface area contributed by atoms with E-state index in [0.717, 1.165) is 5.56 Å². The van der Waals surface area contributed by atoms with Gasteiger partial charge in [0.1, 0.15) is 5.75 Å². The number of nitrogens with one attached hydrogen (secondary N) is 1. The molecular weight excluding hydrogens is 130 g/mol. The van der Waals surface area contributed by atoms with E-state index in [1.807, 2.05) is 25.1 Å². The lowest BCUT2D eigenvalue weighted by atomic mass is 10.2. The van der Waals surface area contributed by atoms with Gasteiger partial charge >= 0.3 is 0 Å². The van der Waals surface area contributed by atoms with Crippen LogP contribution in [0.5, 0.6) is 5.75 Å². The molecule has 0 spiro atoms. The fraction of sp³-hybridized carbons (Fsp3) is 0.143. The Morgan fingerprint density at radius 3 is 2.10 bits per heavy atom. The summed E-state index contributed by atoms with van der Waals surface area (Å²) in [6, 6.07) is 7.25. The van der Waals surface area contributed by atoms with Crippen molar-refractivity contribution in [2.24, 2.45) is 0 Å². The summed E-state index contributed by atoms with van der Waals surface area (Å²) in [5, 5.41) is 8.92. The van der Waals surface area contributed by atoms with E-state index in [2.05, 4.69) is 5.59 Å². The highest BCUT2D eigenvalue weighted by Crippen LogP contribution is 2.12. The van der Waals surface area contributed by atoms with Crippen LogP contribution in [0.25, 0.3) is 0 Å². The summed E-state index contributed by atoms with van der Waals surface area (Å²) in [5.74, 6) is 0.368. The Kier molecular flexibility index (Phi) is 3.87. The van der Waals surface area contributed by atoms with Crippen LogP contribution < -0.4 is 0 Å². The maximum Gasteiger partial charge on any atom is 0.118 e. The Morgan fingerprint density at radius 1 is 1.30 bits per heavy atom. The molecule has 0 aliphatic rings. The maximum absolute atomic E-state index is 8.92. The second-order valence-corrected chi connectivity index (χ2v) is 1.79. The van der Waals surface area contributed by atoms with Crippen molar-refractivity contribution in [3.8, 4) is 5.75 Å². The van der Waals surface area contributed by atoms with Gasteiger partial charge in [0.05, 0.1) is 0 Å². The predicted octanol–water partition coefficient (Wildman–Crippen LogP) is 2.03. The summed E-state index contributed by atoms with van der Waals surface area (Å²) < 4.78 is 0. The molecule has 0 fully saturated rings. The third-order valence-corrected chi connectivity index (χ3v) is 1.12. The number of benzene rings is 1. The molecule has 0 amide bonds. The van der Waals surface area contributed by atoms with Crippen LogP contribution in [0.2, 0.25) is 0 Å². The van der Waals surface area contributed by atoms with E-state index < -0.39 is 0 Å². The molecule has 0 radical (unpaired) electrons. The van der Waals surface area contributed by atoms with Crippen LogP contribution in [0.4, 0.5) is 0 Å². The zero-order valence-electron chi connectivity index (χ0n) is 5.66. The van der Waals surface area contributed by atoms with Gasteiger partial charge in [-0.25, -0.2) is 0 Å². The van der Waals surface area contributed by atoms with Crippen molar-refractivity contribution in [1.29, 1.82) is 5.59 Å². The van der Waals surface area contributed by atoms with Gasteiger partial charge in [0.25, 0.3) is 0 Å². The first-order valence-corrected chi connectivity index (χ1v) is 2.76. The second kappa shape index (κ2) is 4.49. The molecule has 0 saturated carbocycles. The largest absolute Gasteiger partial charge is 0.508 e. The molecule has 10 heavy (non-hydrogen) atoms. The summed E-state index contributed by atoms with van der Waals surface area (Å²) in [5.41, 5.74) is 5.42. The quantitative estimate of drug-likeness (QED) is 0.540. The van der Waals surface area contributed by atoms with Crippen LogP contribution in [-0.4, -0.2) is 5.11 Å². The zero-order valence-corrected chi connectivity index (χ0v) is 5.66. The monoisotopic (exact) mass is 139 g/mol. The van der Waals surface area contributed by atoms with Gasteiger partial charge in [-0.3, -0.25) is 0 Å². The number of hydrogen-bond donors (Lipinski definition) is 2. The van der Waals surface area contributed by atoms with E-state index in [0.29, 0.717) is 5.75 Å². The number of aryl methyl sites for hydroxylation is 1. The highest BCUT2D eigenvalue weighted by Gasteiger charge is 1.86. The molecule has 3 nitrogen and oxygen atoms in total. The number of phenolic OH excluding ortho intramolecular Hbond substituents is 1. The number of hydrogen-bond acceptors (Lipinski definition) is 3. The molecule has 1 aromatic carbocycles. The molecule has 0 aromatic heterocycles. The van der Waals surface area contributed by atoms with Crippen LogP contribution in [0, 0.1) is 17.4 Å². The van der Waals surface area contributed by atoms with Gasteiger partial charge in [-0.1, -0.05) is 23.8 Å². The lowest BCUT2D eigenvalue weighted by Gasteiger charge is -1.92. The van der Waals surface area contributed by atoms with Crippen LogP contribution in [0.3, 0.4) is 0 Å². The summed E-state index contributed by atoms with van der Waals surface area (Å²) in [6.45, 7) is 1.87. The third-order valence-electron chi connectivity index (χ3n) is 1.12. The number of phenols is 1. The van der Waals surface area contributed by atoms with Crippen molar-refractivity contribution in [2.75, 3.05) is 0 Å². The second-order valence-electron chi connectivity index (χ2n) is 1.79. The standard InChI is InChI=1S/C7H8O.HNO/c1-6-4-2-3-5-7(6)8;1-2/h2-5,8H,1H3;1H. The molecule has 0 aliphatic carbocycles. The topological polar surface area (TPSA) is 61.1 Å². The lowest BCUT2D eigenvalue weighted by molar-refractivity contribution is 0.471. The third kappa shape index (κ3) is 2.26. The minimum absolute atomic E-state index is 0.368. The first kappa shape index (κ1) is 8.62. The molecular formula is C7H9NO2. The minimum Gasteiger partial charge on any atom is -0.508 e. The van der Waals surface area contributed by atoms with Gasteiger partial charge in [-0.2, -0.15) is 4.91 Å². The van der Waals surface area contributed by atoms with E-state index >= 15 is 0 Å². The molecule has 0 atom stereocenters. The lowest BCUT2D eigenvalue weighted by Crippen LogP contribution is -1.68. The maximum atomic E-state index is 8.92. The average molecular weight is 139 g/mol. The predicted molar refractivity (Wildman–Crippen MR) is 38.9 cm³/mol. The highest BCUT2D eigenvalue weighted by atomic mass is 16.3. The Morgan fingerprint density at radius 2 is 1.80 bits per heavy atom. The normalized spacial score (nSPS) is 7.70. The highest BCUT2D eigenvalue weighted by molar-refractivity contribution is 5.29. The van der Waals surface area contributed by atoms with Gasteiger partial charge in [0.2, 0.25) is 0 Å². The average Bonchev–Trinajstić information content (AvgIpc) is 2.00. The van der Waals surface area contributed by atoms with Crippen LogP contribution >= 0.6 is 0 Å².